The first kappa shape index (κ1) is 69.8. The predicted molar refractivity (Wildman–Crippen MR) is 294 cm³/mol. The molecule has 28 unspecified atom stereocenters. The molecule has 5 aliphatic heterocycles. The number of esters is 2. The molecule has 88 heavy (non-hydrogen) atoms. The molecule has 0 aromatic carbocycles. The minimum absolute atomic E-state index is 0.0201. The lowest BCUT2D eigenvalue weighted by Gasteiger charge is -2.64. The summed E-state index contributed by atoms with van der Waals surface area (Å²) < 4.78 is 141. The Morgan fingerprint density at radius 1 is 0.705 bits per heavy atom. The zero-order valence-electron chi connectivity index (χ0n) is 50.3. The number of hydrogen-bond acceptors (Lipinski definition) is 28. The maximum atomic E-state index is 14.7. The molecule has 0 aromatic rings. The summed E-state index contributed by atoms with van der Waals surface area (Å²) in [4.78, 5) is 27.5. The van der Waals surface area contributed by atoms with Crippen LogP contribution in [0.15, 0.2) is 23.8 Å². The fraction of sp³-hybridized carbons (Fsp3) is 0.893. The molecule has 9 aliphatic rings. The van der Waals surface area contributed by atoms with E-state index in [1.165, 1.54) is 6.92 Å². The van der Waals surface area contributed by atoms with E-state index in [1.54, 1.807) is 0 Å². The van der Waals surface area contributed by atoms with Crippen molar-refractivity contribution in [1.82, 2.24) is 0 Å². The maximum Gasteiger partial charge on any atom is 0.397 e. The van der Waals surface area contributed by atoms with Crippen molar-refractivity contribution in [2.24, 2.45) is 39.4 Å². The quantitative estimate of drug-likeness (QED) is 0.0364. The highest BCUT2D eigenvalue weighted by Gasteiger charge is 2.79. The molecule has 1 spiro atoms. The third-order valence-corrected chi connectivity index (χ3v) is 21.8. The van der Waals surface area contributed by atoms with Gasteiger partial charge in [-0.05, 0) is 94.3 Å². The smallest absolute Gasteiger partial charge is 0.397 e. The zero-order chi connectivity index (χ0) is 64.8. The molecule has 30 nitrogen and oxygen atoms in total. The highest BCUT2D eigenvalue weighted by molar-refractivity contribution is 7.81. The van der Waals surface area contributed by atoms with Crippen molar-refractivity contribution in [3.63, 3.8) is 0 Å². The second kappa shape index (κ2) is 26.0. The van der Waals surface area contributed by atoms with Crippen molar-refractivity contribution in [2.75, 3.05) is 33.5 Å². The molecule has 504 valence electrons. The molecule has 5 saturated heterocycles. The third kappa shape index (κ3) is 12.8. The van der Waals surface area contributed by atoms with Crippen molar-refractivity contribution >= 4 is 32.7 Å². The molecule has 0 bridgehead atoms. The number of ether oxygens (including phenoxy) is 11. The van der Waals surface area contributed by atoms with Gasteiger partial charge in [0.15, 0.2) is 25.2 Å². The highest BCUT2D eigenvalue weighted by Crippen LogP contribution is 2.77. The van der Waals surface area contributed by atoms with E-state index in [0.717, 1.165) is 31.1 Å². The van der Waals surface area contributed by atoms with Gasteiger partial charge in [-0.15, -0.1) is 6.58 Å². The predicted octanol–water partition coefficient (Wildman–Crippen LogP) is -1.22. The van der Waals surface area contributed by atoms with Crippen molar-refractivity contribution in [3.8, 4) is 0 Å². The van der Waals surface area contributed by atoms with Crippen molar-refractivity contribution in [3.05, 3.63) is 23.8 Å². The van der Waals surface area contributed by atoms with Crippen LogP contribution in [0.5, 0.6) is 0 Å². The van der Waals surface area contributed by atoms with Gasteiger partial charge in [-0.3, -0.25) is 18.7 Å². The molecule has 32 heteroatoms. The van der Waals surface area contributed by atoms with Gasteiger partial charge in [-0.25, -0.2) is 8.37 Å². The van der Waals surface area contributed by atoms with Crippen LogP contribution in [0, 0.1) is 39.4 Å². The Bertz CT molecular complexity index is 2790. The van der Waals surface area contributed by atoms with Gasteiger partial charge in [0.1, 0.15) is 103 Å². The third-order valence-electron chi connectivity index (χ3n) is 20.9. The first-order valence-corrected chi connectivity index (χ1v) is 32.5. The van der Waals surface area contributed by atoms with Crippen LogP contribution in [0.1, 0.15) is 106 Å². The molecule has 8 fully saturated rings. The molecule has 28 atom stereocenters. The number of fused-ring (bicyclic) bond motifs is 4. The summed E-state index contributed by atoms with van der Waals surface area (Å²) >= 11 is 0. The van der Waals surface area contributed by atoms with Gasteiger partial charge in [0.2, 0.25) is 0 Å². The Hall–Kier alpha value is -2.56. The number of hydrogen-bond donors (Lipinski definition) is 11. The van der Waals surface area contributed by atoms with E-state index in [4.69, 9.17) is 56.3 Å². The van der Waals surface area contributed by atoms with Crippen molar-refractivity contribution < 1.29 is 142 Å². The second-order valence-electron chi connectivity index (χ2n) is 26.6. The molecular formula is C56H88O30S2. The van der Waals surface area contributed by atoms with Gasteiger partial charge >= 0.3 is 32.7 Å². The fourth-order valence-corrected chi connectivity index (χ4v) is 17.6. The average molecular weight is 1310 g/mol. The number of allylic oxidation sites excluding steroid dienone is 3. The van der Waals surface area contributed by atoms with E-state index in [1.807, 2.05) is 27.7 Å². The van der Waals surface area contributed by atoms with E-state index in [0.29, 0.717) is 44.9 Å². The molecule has 0 radical (unpaired) electrons. The Labute approximate surface area is 510 Å². The van der Waals surface area contributed by atoms with Crippen LogP contribution in [0.3, 0.4) is 0 Å². The number of rotatable bonds is 21. The molecule has 0 aromatic heterocycles. The van der Waals surface area contributed by atoms with E-state index in [2.05, 4.69) is 30.7 Å². The number of aliphatic hydroxyl groups is 9. The fourth-order valence-electron chi connectivity index (χ4n) is 16.8. The first-order chi connectivity index (χ1) is 41.0. The lowest BCUT2D eigenvalue weighted by molar-refractivity contribution is -0.391. The minimum Gasteiger partial charge on any atom is -0.462 e. The SMILES string of the molecule is C=C(C)CCCC1(C)OC(=O)C23CCC4C(=CCC5C(C)(C)C(OC6OCC(OS(=O)(=O)O)C(O)C6OC6OC(CO)C(OC7OC(COS(=O)(=O)O)C(O)C(OC8OC(CO)C(O)C(OC)C8O)C7O)C(O)C6O)CCC45C)C2(C)CC(OC(C)=O)C13. The molecule has 0 amide bonds. The summed E-state index contributed by atoms with van der Waals surface area (Å²) in [5.41, 5.74) is -1.53. The monoisotopic (exact) mass is 1300 g/mol. The summed E-state index contributed by atoms with van der Waals surface area (Å²) in [6.45, 7) is 14.0. The minimum atomic E-state index is -5.26. The topological polar surface area (TPSA) is 445 Å². The molecule has 5 heterocycles. The van der Waals surface area contributed by atoms with Gasteiger partial charge in [0, 0.05) is 19.4 Å². The van der Waals surface area contributed by atoms with Crippen molar-refractivity contribution in [2.45, 2.75) is 241 Å². The van der Waals surface area contributed by atoms with Gasteiger partial charge in [0.05, 0.1) is 43.9 Å². The van der Waals surface area contributed by atoms with Gasteiger partial charge in [0.25, 0.3) is 0 Å². The van der Waals surface area contributed by atoms with Crippen molar-refractivity contribution in [1.29, 1.82) is 0 Å². The lowest BCUT2D eigenvalue weighted by atomic mass is 9.41. The van der Waals surface area contributed by atoms with Crippen LogP contribution in [-0.2, 0) is 90.9 Å². The van der Waals surface area contributed by atoms with Gasteiger partial charge in [-0.2, -0.15) is 16.8 Å². The van der Waals surface area contributed by atoms with Crippen LogP contribution in [-0.4, -0.2) is 252 Å². The second-order valence-corrected chi connectivity index (χ2v) is 28.7. The molecule has 4 aliphatic carbocycles. The lowest BCUT2D eigenvalue weighted by Crippen LogP contribution is -2.67. The molecule has 9 rings (SSSR count). The number of aliphatic hydroxyl groups excluding tert-OH is 9. The van der Waals surface area contributed by atoms with Crippen LogP contribution in [0.2, 0.25) is 0 Å². The Morgan fingerprint density at radius 2 is 1.31 bits per heavy atom. The van der Waals surface area contributed by atoms with Gasteiger partial charge < -0.3 is 98.1 Å². The Kier molecular flexibility index (Phi) is 20.6. The number of methoxy groups -OCH3 is 1. The highest BCUT2D eigenvalue weighted by atomic mass is 32.3. The summed E-state index contributed by atoms with van der Waals surface area (Å²) in [7, 11) is -9.37. The Morgan fingerprint density at radius 3 is 1.92 bits per heavy atom. The molecular weight excluding hydrogens is 1220 g/mol. The molecule has 3 saturated carbocycles. The normalized spacial score (nSPS) is 47.6. The number of carbonyl (C=O) groups is 2. The summed E-state index contributed by atoms with van der Waals surface area (Å²) in [5, 5.41) is 101. The number of cyclic esters (lactones) is 1. The van der Waals surface area contributed by atoms with Crippen LogP contribution >= 0.6 is 0 Å². The summed E-state index contributed by atoms with van der Waals surface area (Å²) in [6, 6.07) is 0. The first-order valence-electron chi connectivity index (χ1n) is 29.7. The summed E-state index contributed by atoms with van der Waals surface area (Å²) in [6.07, 6.45) is -30.3. The van der Waals surface area contributed by atoms with E-state index < -0.39 is 210 Å². The number of carbonyl (C=O) groups excluding carboxylic acids is 2. The van der Waals surface area contributed by atoms with E-state index in [9.17, 15) is 81.5 Å². The van der Waals surface area contributed by atoms with Crippen LogP contribution < -0.4 is 0 Å². The van der Waals surface area contributed by atoms with Crippen LogP contribution in [0.25, 0.3) is 0 Å². The summed E-state index contributed by atoms with van der Waals surface area (Å²) in [5.74, 6) is -1.22. The largest absolute Gasteiger partial charge is 0.462 e. The van der Waals surface area contributed by atoms with E-state index in [-0.39, 0.29) is 23.2 Å². The Balaban J connectivity index is 0.938. The molecule has 11 N–H and O–H groups in total. The van der Waals surface area contributed by atoms with E-state index >= 15 is 0 Å². The average Bonchev–Trinajstić information content (AvgIpc) is 1.46. The standard InChI is InChI=1S/C56H88O30S2/c1-24(2)11-10-16-55(8)46-28(77-25(3)59)19-54(7)27-12-13-33-52(4,5)34(15-17-53(33,6)26(27)14-18-56(46,54)51(67)85-55)81-50-45(37(62)32(22-75-50)86-88(71,72)73)84-47-39(64)38(63)42(30(21-58)79-47)82-49-41(66)44(36(61)31(80-49)23-76-87(68,69)70)83-48-40(65)43(74-9)35(60)29(20-57)78-48/h12,26,28-50,57-58,60-66H,1,10-11,13-23H2,2-9H3,(H,68,69,70)(H,71,72,73). The van der Waals surface area contributed by atoms with Gasteiger partial charge in [-0.1, -0.05) is 44.9 Å². The van der Waals surface area contributed by atoms with Crippen LogP contribution in [0.4, 0.5) is 0 Å². The zero-order valence-corrected chi connectivity index (χ0v) is 52.0. The maximum absolute atomic E-state index is 14.7.